The molecule has 0 spiro atoms. The zero-order valence-corrected chi connectivity index (χ0v) is 17.6. The van der Waals surface area contributed by atoms with Crippen molar-refractivity contribution in [1.82, 2.24) is 9.62 Å². The molecule has 1 aromatic carbocycles. The van der Waals surface area contributed by atoms with Crippen LogP contribution in [0.2, 0.25) is 0 Å². The minimum Gasteiger partial charge on any atom is -0.468 e. The van der Waals surface area contributed by atoms with Gasteiger partial charge in [0.25, 0.3) is 0 Å². The van der Waals surface area contributed by atoms with Crippen LogP contribution in [-0.2, 0) is 21.3 Å². The first-order valence-corrected chi connectivity index (χ1v) is 11.4. The summed E-state index contributed by atoms with van der Waals surface area (Å²) in [7, 11) is -3.84. The molecular weight excluding hydrogens is 437 g/mol. The molecule has 0 saturated carbocycles. The van der Waals surface area contributed by atoms with E-state index in [4.69, 9.17) is 9.15 Å². The molecule has 7 nitrogen and oxygen atoms in total. The molecule has 0 radical (unpaired) electrons. The maximum Gasteiger partial charge on any atom is 0.573 e. The van der Waals surface area contributed by atoms with Gasteiger partial charge in [0.2, 0.25) is 10.0 Å². The Hall–Kier alpha value is -2.08. The number of furan rings is 1. The van der Waals surface area contributed by atoms with E-state index in [1.165, 1.54) is 0 Å². The van der Waals surface area contributed by atoms with Crippen LogP contribution in [0.15, 0.2) is 52.0 Å². The molecule has 1 saturated heterocycles. The molecule has 1 aromatic heterocycles. The second-order valence-electron chi connectivity index (χ2n) is 7.22. The Balaban J connectivity index is 1.49. The first-order chi connectivity index (χ1) is 14.7. The molecule has 1 aliphatic heterocycles. The van der Waals surface area contributed by atoms with Gasteiger partial charge in [0, 0.05) is 19.7 Å². The van der Waals surface area contributed by atoms with Crippen LogP contribution < -0.4 is 9.46 Å². The second-order valence-corrected chi connectivity index (χ2v) is 8.99. The smallest absolute Gasteiger partial charge is 0.468 e. The topological polar surface area (TPSA) is 81.0 Å². The van der Waals surface area contributed by atoms with Crippen molar-refractivity contribution in [3.8, 4) is 5.75 Å². The first-order valence-electron chi connectivity index (χ1n) is 9.93. The summed E-state index contributed by atoms with van der Waals surface area (Å²) in [6.07, 6.45) is -0.491. The Morgan fingerprint density at radius 1 is 1.19 bits per heavy atom. The van der Waals surface area contributed by atoms with Crippen LogP contribution in [0, 0.1) is 0 Å². The van der Waals surface area contributed by atoms with Gasteiger partial charge >= 0.3 is 6.36 Å². The second kappa shape index (κ2) is 10.5. The lowest BCUT2D eigenvalue weighted by atomic mass is 10.2. The van der Waals surface area contributed by atoms with Crippen LogP contribution in [-0.4, -0.2) is 52.0 Å². The number of ether oxygens (including phenoxy) is 2. The van der Waals surface area contributed by atoms with Gasteiger partial charge in [-0.25, -0.2) is 13.1 Å². The van der Waals surface area contributed by atoms with Crippen LogP contribution in [0.5, 0.6) is 5.75 Å². The van der Waals surface area contributed by atoms with E-state index in [-0.39, 0.29) is 17.5 Å². The molecule has 0 aliphatic carbocycles. The van der Waals surface area contributed by atoms with Crippen molar-refractivity contribution in [2.24, 2.45) is 0 Å². The van der Waals surface area contributed by atoms with E-state index in [1.807, 2.05) is 12.1 Å². The van der Waals surface area contributed by atoms with Crippen LogP contribution in [0.25, 0.3) is 0 Å². The van der Waals surface area contributed by atoms with Gasteiger partial charge in [-0.2, -0.15) is 0 Å². The summed E-state index contributed by atoms with van der Waals surface area (Å²) < 4.78 is 78.8. The lowest BCUT2D eigenvalue weighted by Gasteiger charge is -2.24. The molecule has 0 amide bonds. The Morgan fingerprint density at radius 2 is 1.97 bits per heavy atom. The molecule has 11 heteroatoms. The number of hydrogen-bond acceptors (Lipinski definition) is 6. The summed E-state index contributed by atoms with van der Waals surface area (Å²) in [4.78, 5) is 2.03. The predicted octanol–water partition coefficient (Wildman–Crippen LogP) is 3.53. The largest absolute Gasteiger partial charge is 0.573 e. The molecule has 3 rings (SSSR count). The fraction of sp³-hybridized carbons (Fsp3) is 0.500. The molecule has 1 aliphatic rings. The quantitative estimate of drug-likeness (QED) is 0.515. The first kappa shape index (κ1) is 23.6. The zero-order valence-electron chi connectivity index (χ0n) is 16.8. The van der Waals surface area contributed by atoms with Gasteiger partial charge in [0.05, 0.1) is 23.8 Å². The van der Waals surface area contributed by atoms with E-state index in [2.05, 4.69) is 14.4 Å². The zero-order chi connectivity index (χ0) is 22.3. The number of nitrogens with zero attached hydrogens (tertiary/aromatic N) is 1. The van der Waals surface area contributed by atoms with E-state index in [9.17, 15) is 21.6 Å². The minimum absolute atomic E-state index is 0.131. The van der Waals surface area contributed by atoms with E-state index in [0.717, 1.165) is 56.0 Å². The van der Waals surface area contributed by atoms with Crippen LogP contribution in [0.4, 0.5) is 13.2 Å². The van der Waals surface area contributed by atoms with Gasteiger partial charge in [0.1, 0.15) is 11.5 Å². The van der Waals surface area contributed by atoms with Crippen LogP contribution >= 0.6 is 0 Å². The SMILES string of the molecule is O=S(=O)(NCCCN(Cc1ccco1)CC1CCCO1)c1ccc(OC(F)(F)F)cc1. The minimum atomic E-state index is -4.83. The summed E-state index contributed by atoms with van der Waals surface area (Å²) in [5.41, 5.74) is 0. The molecule has 2 aromatic rings. The van der Waals surface area contributed by atoms with Gasteiger partial charge in [-0.1, -0.05) is 0 Å². The molecule has 1 fully saturated rings. The van der Waals surface area contributed by atoms with Crippen molar-refractivity contribution >= 4 is 10.0 Å². The van der Waals surface area contributed by atoms with E-state index in [0.29, 0.717) is 19.5 Å². The van der Waals surface area contributed by atoms with E-state index >= 15 is 0 Å². The Kier molecular flexibility index (Phi) is 7.98. The highest BCUT2D eigenvalue weighted by atomic mass is 32.2. The summed E-state index contributed by atoms with van der Waals surface area (Å²) in [6.45, 7) is 2.89. The molecular formula is C20H25F3N2O5S. The highest BCUT2D eigenvalue weighted by molar-refractivity contribution is 7.89. The standard InChI is InChI=1S/C20H25F3N2O5S/c21-20(22,23)30-16-6-8-19(9-7-16)31(26,27)24-10-3-11-25(14-17-4-1-12-28-17)15-18-5-2-13-29-18/h1,4,6-9,12,18,24H,2-3,5,10-11,13-15H2. The molecule has 1 atom stereocenters. The van der Waals surface area contributed by atoms with Crippen LogP contribution in [0.1, 0.15) is 25.0 Å². The lowest BCUT2D eigenvalue weighted by molar-refractivity contribution is -0.274. The van der Waals surface area contributed by atoms with Gasteiger partial charge in [-0.05, 0) is 62.2 Å². The Bertz CT molecular complexity index is 896. The molecule has 0 bridgehead atoms. The monoisotopic (exact) mass is 462 g/mol. The van der Waals surface area contributed by atoms with Crippen molar-refractivity contribution in [2.45, 2.75) is 43.2 Å². The van der Waals surface area contributed by atoms with Crippen molar-refractivity contribution in [2.75, 3.05) is 26.2 Å². The highest BCUT2D eigenvalue weighted by Crippen LogP contribution is 2.24. The maximum absolute atomic E-state index is 12.4. The molecule has 1 N–H and O–H groups in total. The van der Waals surface area contributed by atoms with Crippen molar-refractivity contribution in [1.29, 1.82) is 0 Å². The third-order valence-electron chi connectivity index (χ3n) is 4.76. The summed E-state index contributed by atoms with van der Waals surface area (Å²) in [6, 6.07) is 7.79. The lowest BCUT2D eigenvalue weighted by Crippen LogP contribution is -2.34. The number of hydrogen-bond donors (Lipinski definition) is 1. The fourth-order valence-electron chi connectivity index (χ4n) is 3.35. The highest BCUT2D eigenvalue weighted by Gasteiger charge is 2.31. The molecule has 31 heavy (non-hydrogen) atoms. The van der Waals surface area contributed by atoms with Gasteiger partial charge in [-0.15, -0.1) is 13.2 Å². The van der Waals surface area contributed by atoms with Gasteiger partial charge in [-0.3, -0.25) is 4.90 Å². The average molecular weight is 462 g/mol. The maximum atomic E-state index is 12.4. The number of alkyl halides is 3. The van der Waals surface area contributed by atoms with Crippen molar-refractivity contribution in [3.05, 3.63) is 48.4 Å². The molecule has 2 heterocycles. The van der Waals surface area contributed by atoms with Crippen molar-refractivity contribution < 1.29 is 35.5 Å². The van der Waals surface area contributed by atoms with E-state index in [1.54, 1.807) is 6.26 Å². The predicted molar refractivity (Wildman–Crippen MR) is 106 cm³/mol. The van der Waals surface area contributed by atoms with Crippen molar-refractivity contribution in [3.63, 3.8) is 0 Å². The van der Waals surface area contributed by atoms with Gasteiger partial charge < -0.3 is 13.9 Å². The fourth-order valence-corrected chi connectivity index (χ4v) is 4.42. The molecule has 1 unspecified atom stereocenters. The summed E-state index contributed by atoms with van der Waals surface area (Å²) >= 11 is 0. The average Bonchev–Trinajstić information content (AvgIpc) is 3.38. The number of rotatable bonds is 11. The summed E-state index contributed by atoms with van der Waals surface area (Å²) in [5, 5.41) is 0. The van der Waals surface area contributed by atoms with E-state index < -0.39 is 22.1 Å². The summed E-state index contributed by atoms with van der Waals surface area (Å²) in [5.74, 6) is 0.342. The number of nitrogens with one attached hydrogen (secondary N) is 1. The molecule has 172 valence electrons. The number of benzene rings is 1. The van der Waals surface area contributed by atoms with Gasteiger partial charge in [0.15, 0.2) is 0 Å². The Morgan fingerprint density at radius 3 is 2.58 bits per heavy atom. The number of sulfonamides is 1. The van der Waals surface area contributed by atoms with Crippen LogP contribution in [0.3, 0.4) is 0 Å². The third-order valence-corrected chi connectivity index (χ3v) is 6.23. The number of halogens is 3. The Labute approximate surface area is 179 Å². The third kappa shape index (κ3) is 7.84. The normalized spacial score (nSPS) is 17.4.